The number of aliphatic hydroxyl groups excluding tert-OH is 2. The van der Waals surface area contributed by atoms with Gasteiger partial charge in [0.2, 0.25) is 0 Å². The average molecular weight is 190 g/mol. The molecule has 2 N–H and O–H groups in total. The van der Waals surface area contributed by atoms with Crippen LogP contribution in [0.5, 0.6) is 0 Å². The molecule has 1 aliphatic heterocycles. The summed E-state index contributed by atoms with van der Waals surface area (Å²) in [5.74, 6) is 0. The number of hydrogen-bond donors (Lipinski definition) is 2. The van der Waals surface area contributed by atoms with Gasteiger partial charge in [0.25, 0.3) is 0 Å². The van der Waals surface area contributed by atoms with Gasteiger partial charge in [0, 0.05) is 13.2 Å². The predicted octanol–water partition coefficient (Wildman–Crippen LogP) is 0.297. The molecule has 1 saturated heterocycles. The molecule has 0 aromatic heterocycles. The molecule has 0 bridgehead atoms. The molecule has 1 rings (SSSR count). The maximum absolute atomic E-state index is 8.09. The summed E-state index contributed by atoms with van der Waals surface area (Å²) >= 11 is 0. The molecule has 0 aromatic rings. The highest BCUT2D eigenvalue weighted by molar-refractivity contribution is 4.68. The van der Waals surface area contributed by atoms with E-state index in [1.807, 2.05) is 0 Å². The predicted molar refractivity (Wildman–Crippen MR) is 49.3 cm³/mol. The first kappa shape index (κ1) is 12.4. The molecule has 0 aromatic carbocycles. The van der Waals surface area contributed by atoms with Gasteiger partial charge in [0.1, 0.15) is 12.7 Å². The molecular weight excluding hydrogens is 172 g/mol. The van der Waals surface area contributed by atoms with Crippen LogP contribution in [0.2, 0.25) is 0 Å². The maximum atomic E-state index is 8.09. The van der Waals surface area contributed by atoms with Crippen LogP contribution in [0.3, 0.4) is 0 Å². The number of hydrogen-bond acceptors (Lipinski definition) is 4. The second-order valence-corrected chi connectivity index (χ2v) is 2.61. The molecule has 0 saturated carbocycles. The number of rotatable bonds is 6. The zero-order valence-electron chi connectivity index (χ0n) is 7.82. The minimum atomic E-state index is 0.195. The molecule has 4 nitrogen and oxygen atoms in total. The summed E-state index contributed by atoms with van der Waals surface area (Å²) in [4.78, 5) is 0. The van der Waals surface area contributed by atoms with Gasteiger partial charge in [-0.15, -0.1) is 0 Å². The Labute approximate surface area is 78.8 Å². The lowest BCUT2D eigenvalue weighted by Crippen LogP contribution is -1.94. The molecule has 1 atom stereocenters. The van der Waals surface area contributed by atoms with Gasteiger partial charge in [-0.05, 0) is 12.8 Å². The lowest BCUT2D eigenvalue weighted by molar-refractivity contribution is 0.213. The number of ether oxygens (including phenoxy) is 2. The number of epoxide rings is 1. The molecular formula is C9H18O4. The van der Waals surface area contributed by atoms with Crippen molar-refractivity contribution in [2.24, 2.45) is 0 Å². The third-order valence-electron chi connectivity index (χ3n) is 1.37. The summed E-state index contributed by atoms with van der Waals surface area (Å²) in [6.07, 6.45) is 3.23. The van der Waals surface area contributed by atoms with Gasteiger partial charge in [0.05, 0.1) is 12.9 Å². The van der Waals surface area contributed by atoms with Gasteiger partial charge in [0.15, 0.2) is 0 Å². The van der Waals surface area contributed by atoms with E-state index in [1.165, 1.54) is 6.26 Å². The van der Waals surface area contributed by atoms with Crippen molar-refractivity contribution in [2.75, 3.05) is 26.4 Å². The smallest absolute Gasteiger partial charge is 0.116 e. The molecule has 13 heavy (non-hydrogen) atoms. The fourth-order valence-corrected chi connectivity index (χ4v) is 0.563. The van der Waals surface area contributed by atoms with Gasteiger partial charge in [-0.1, -0.05) is 6.58 Å². The Morgan fingerprint density at radius 3 is 2.23 bits per heavy atom. The van der Waals surface area contributed by atoms with E-state index in [1.54, 1.807) is 0 Å². The van der Waals surface area contributed by atoms with Crippen LogP contribution in [0.1, 0.15) is 12.8 Å². The summed E-state index contributed by atoms with van der Waals surface area (Å²) in [5.41, 5.74) is 0. The largest absolute Gasteiger partial charge is 0.499 e. The third-order valence-corrected chi connectivity index (χ3v) is 1.37. The van der Waals surface area contributed by atoms with Crippen molar-refractivity contribution in [2.45, 2.75) is 18.9 Å². The van der Waals surface area contributed by atoms with E-state index in [0.29, 0.717) is 12.7 Å². The van der Waals surface area contributed by atoms with Crippen LogP contribution in [0.25, 0.3) is 0 Å². The van der Waals surface area contributed by atoms with E-state index in [4.69, 9.17) is 19.7 Å². The molecule has 1 heterocycles. The highest BCUT2D eigenvalue weighted by Crippen LogP contribution is 2.07. The zero-order chi connectivity index (χ0) is 9.94. The molecule has 0 radical (unpaired) electrons. The van der Waals surface area contributed by atoms with Crippen molar-refractivity contribution in [1.29, 1.82) is 0 Å². The first-order valence-corrected chi connectivity index (χ1v) is 4.41. The molecule has 1 fully saturated rings. The lowest BCUT2D eigenvalue weighted by Gasteiger charge is -1.90. The van der Waals surface area contributed by atoms with Gasteiger partial charge in [-0.25, -0.2) is 0 Å². The fourth-order valence-electron chi connectivity index (χ4n) is 0.563. The van der Waals surface area contributed by atoms with Crippen LogP contribution in [0.4, 0.5) is 0 Å². The maximum Gasteiger partial charge on any atom is 0.116 e. The molecule has 78 valence electrons. The van der Waals surface area contributed by atoms with Gasteiger partial charge < -0.3 is 19.7 Å². The van der Waals surface area contributed by atoms with E-state index in [2.05, 4.69) is 6.58 Å². The first-order valence-electron chi connectivity index (χ1n) is 4.41. The summed E-state index contributed by atoms with van der Waals surface area (Å²) in [7, 11) is 0. The molecule has 4 heteroatoms. The molecule has 0 spiro atoms. The Balaban J connectivity index is 0.000000226. The lowest BCUT2D eigenvalue weighted by atomic mass is 10.3. The van der Waals surface area contributed by atoms with E-state index in [-0.39, 0.29) is 13.2 Å². The Morgan fingerprint density at radius 2 is 1.92 bits per heavy atom. The third kappa shape index (κ3) is 11.4. The zero-order valence-corrected chi connectivity index (χ0v) is 7.82. The van der Waals surface area contributed by atoms with Crippen molar-refractivity contribution in [1.82, 2.24) is 0 Å². The van der Waals surface area contributed by atoms with Gasteiger partial charge in [-0.3, -0.25) is 0 Å². The SMILES string of the molecule is C=COCC1CO1.OCCCCO. The van der Waals surface area contributed by atoms with Crippen molar-refractivity contribution < 1.29 is 19.7 Å². The topological polar surface area (TPSA) is 62.2 Å². The Hall–Kier alpha value is -0.580. The monoisotopic (exact) mass is 190 g/mol. The Kier molecular flexibility index (Phi) is 9.08. The van der Waals surface area contributed by atoms with Crippen LogP contribution in [0.15, 0.2) is 12.8 Å². The molecule has 0 aliphatic carbocycles. The van der Waals surface area contributed by atoms with Crippen LogP contribution in [0, 0.1) is 0 Å². The van der Waals surface area contributed by atoms with Crippen LogP contribution < -0.4 is 0 Å². The molecule has 1 aliphatic rings. The molecule has 0 amide bonds. The highest BCUT2D eigenvalue weighted by Gasteiger charge is 2.21. The first-order chi connectivity index (χ1) is 6.35. The summed E-state index contributed by atoms with van der Waals surface area (Å²) in [5, 5.41) is 16.2. The number of unbranched alkanes of at least 4 members (excludes halogenated alkanes) is 1. The summed E-state index contributed by atoms with van der Waals surface area (Å²) in [6, 6.07) is 0. The van der Waals surface area contributed by atoms with Crippen molar-refractivity contribution in [3.05, 3.63) is 12.8 Å². The quantitative estimate of drug-likeness (QED) is 0.359. The van der Waals surface area contributed by atoms with Crippen molar-refractivity contribution >= 4 is 0 Å². The number of aliphatic hydroxyl groups is 2. The van der Waals surface area contributed by atoms with Crippen LogP contribution in [-0.4, -0.2) is 42.7 Å². The van der Waals surface area contributed by atoms with E-state index < -0.39 is 0 Å². The van der Waals surface area contributed by atoms with Gasteiger partial charge in [-0.2, -0.15) is 0 Å². The minimum absolute atomic E-state index is 0.195. The van der Waals surface area contributed by atoms with Crippen LogP contribution in [-0.2, 0) is 9.47 Å². The van der Waals surface area contributed by atoms with Crippen molar-refractivity contribution in [3.63, 3.8) is 0 Å². The van der Waals surface area contributed by atoms with Gasteiger partial charge >= 0.3 is 0 Å². The fraction of sp³-hybridized carbons (Fsp3) is 0.778. The summed E-state index contributed by atoms with van der Waals surface area (Å²) < 4.78 is 9.63. The summed E-state index contributed by atoms with van der Waals surface area (Å²) in [6.45, 7) is 5.30. The van der Waals surface area contributed by atoms with Crippen molar-refractivity contribution in [3.8, 4) is 0 Å². The van der Waals surface area contributed by atoms with E-state index >= 15 is 0 Å². The molecule has 1 unspecified atom stereocenters. The Bertz CT molecular complexity index is 108. The second-order valence-electron chi connectivity index (χ2n) is 2.61. The minimum Gasteiger partial charge on any atom is -0.499 e. The average Bonchev–Trinajstić information content (AvgIpc) is 2.96. The Morgan fingerprint density at radius 1 is 1.38 bits per heavy atom. The van der Waals surface area contributed by atoms with Crippen LogP contribution >= 0.6 is 0 Å². The second kappa shape index (κ2) is 9.51. The normalized spacial score (nSPS) is 18.5. The standard InChI is InChI=1S/C5H8O2.C4H10O2/c1-2-6-3-5-4-7-5;5-3-1-2-4-6/h2,5H,1,3-4H2;5-6H,1-4H2. The highest BCUT2D eigenvalue weighted by atomic mass is 16.6. The van der Waals surface area contributed by atoms with E-state index in [9.17, 15) is 0 Å². The van der Waals surface area contributed by atoms with E-state index in [0.717, 1.165) is 19.4 Å².